The molecule has 0 aliphatic carbocycles. The van der Waals surface area contributed by atoms with Crippen LogP contribution in [0.3, 0.4) is 0 Å². The fourth-order valence-electron chi connectivity index (χ4n) is 2.26. The minimum atomic E-state index is -0.401. The topological polar surface area (TPSA) is 70.1 Å². The van der Waals surface area contributed by atoms with Crippen molar-refractivity contribution in [3.63, 3.8) is 0 Å². The van der Waals surface area contributed by atoms with Crippen LogP contribution in [0, 0.1) is 11.3 Å². The van der Waals surface area contributed by atoms with Gasteiger partial charge in [0, 0.05) is 30.4 Å². The molecule has 0 unspecified atom stereocenters. The van der Waals surface area contributed by atoms with Crippen molar-refractivity contribution >= 4 is 11.6 Å². The zero-order chi connectivity index (χ0) is 14.0. The number of rotatable bonds is 3. The third-order valence-corrected chi connectivity index (χ3v) is 3.33. The van der Waals surface area contributed by atoms with Crippen LogP contribution in [0.2, 0.25) is 0 Å². The number of nitriles is 1. The molecule has 0 spiro atoms. The molecule has 1 aliphatic heterocycles. The fourth-order valence-corrected chi connectivity index (χ4v) is 2.26. The van der Waals surface area contributed by atoms with Gasteiger partial charge in [0.15, 0.2) is 0 Å². The first-order valence-electron chi connectivity index (χ1n) is 6.29. The third kappa shape index (κ3) is 2.60. The van der Waals surface area contributed by atoms with E-state index in [0.29, 0.717) is 11.5 Å². The molecule has 1 aromatic carbocycles. The van der Waals surface area contributed by atoms with E-state index in [1.165, 1.54) is 0 Å². The molecule has 4 heteroatoms. The van der Waals surface area contributed by atoms with Crippen molar-refractivity contribution in [3.05, 3.63) is 41.0 Å². The Morgan fingerprint density at radius 1 is 1.47 bits per heavy atom. The molecule has 1 aliphatic rings. The Bertz CT molecular complexity index is 574. The summed E-state index contributed by atoms with van der Waals surface area (Å²) >= 11 is 0. The number of anilines is 1. The van der Waals surface area contributed by atoms with Gasteiger partial charge in [0.1, 0.15) is 0 Å². The number of nitrogens with zero attached hydrogens (tertiary/aromatic N) is 2. The smallest absolute Gasteiger partial charge is 0.248 e. The van der Waals surface area contributed by atoms with Crippen molar-refractivity contribution in [1.29, 1.82) is 5.26 Å². The highest BCUT2D eigenvalue weighted by atomic mass is 16.1. The van der Waals surface area contributed by atoms with E-state index in [-0.39, 0.29) is 0 Å². The molecule has 0 aromatic heterocycles. The maximum absolute atomic E-state index is 11.2. The lowest BCUT2D eigenvalue weighted by Crippen LogP contribution is -2.40. The maximum atomic E-state index is 11.2. The number of amides is 1. The van der Waals surface area contributed by atoms with Crippen LogP contribution in [-0.2, 0) is 0 Å². The van der Waals surface area contributed by atoms with Crippen LogP contribution in [-0.4, -0.2) is 19.0 Å². The lowest BCUT2D eigenvalue weighted by atomic mass is 9.95. The highest BCUT2D eigenvalue weighted by Crippen LogP contribution is 2.32. The Morgan fingerprint density at radius 2 is 2.16 bits per heavy atom. The van der Waals surface area contributed by atoms with Gasteiger partial charge < -0.3 is 10.6 Å². The second-order valence-electron chi connectivity index (χ2n) is 5.08. The van der Waals surface area contributed by atoms with E-state index in [1.807, 2.05) is 12.1 Å². The Labute approximate surface area is 113 Å². The van der Waals surface area contributed by atoms with Crippen molar-refractivity contribution in [2.75, 3.05) is 18.0 Å². The summed E-state index contributed by atoms with van der Waals surface area (Å²) in [7, 11) is 0. The summed E-state index contributed by atoms with van der Waals surface area (Å²) in [5, 5.41) is 8.60. The standard InChI is InChI=1S/C15H17N3O/c1-10(2)13-7-12(15(17)19)3-4-14(13)18-8-11(9-18)5-6-16/h3-5,7,10H,8-9H2,1-2H3,(H2,17,19). The van der Waals surface area contributed by atoms with Gasteiger partial charge in [0.2, 0.25) is 5.91 Å². The second-order valence-corrected chi connectivity index (χ2v) is 5.08. The Balaban J connectivity index is 2.29. The molecule has 1 aromatic rings. The summed E-state index contributed by atoms with van der Waals surface area (Å²) in [6.45, 7) is 5.75. The summed E-state index contributed by atoms with van der Waals surface area (Å²) in [6, 6.07) is 7.63. The molecule has 1 fully saturated rings. The predicted octanol–water partition coefficient (Wildman–Crippen LogP) is 2.18. The van der Waals surface area contributed by atoms with Gasteiger partial charge in [-0.2, -0.15) is 5.26 Å². The highest BCUT2D eigenvalue weighted by Gasteiger charge is 2.23. The van der Waals surface area contributed by atoms with E-state index in [1.54, 1.807) is 12.1 Å². The van der Waals surface area contributed by atoms with Crippen molar-refractivity contribution in [2.24, 2.45) is 5.73 Å². The van der Waals surface area contributed by atoms with Gasteiger partial charge in [0.05, 0.1) is 6.07 Å². The molecule has 2 N–H and O–H groups in total. The van der Waals surface area contributed by atoms with Crippen molar-refractivity contribution in [3.8, 4) is 6.07 Å². The van der Waals surface area contributed by atoms with Crippen molar-refractivity contribution in [1.82, 2.24) is 0 Å². The number of allylic oxidation sites excluding steroid dienone is 1. The van der Waals surface area contributed by atoms with Gasteiger partial charge in [-0.05, 0) is 35.3 Å². The first-order valence-corrected chi connectivity index (χ1v) is 6.29. The first kappa shape index (κ1) is 13.2. The number of hydrogen-bond donors (Lipinski definition) is 1. The first-order chi connectivity index (χ1) is 9.02. The monoisotopic (exact) mass is 255 g/mol. The number of benzene rings is 1. The van der Waals surface area contributed by atoms with Crippen LogP contribution in [0.4, 0.5) is 5.69 Å². The molecule has 4 nitrogen and oxygen atoms in total. The SMILES string of the molecule is CC(C)c1cc(C(N)=O)ccc1N1CC(=CC#N)C1. The van der Waals surface area contributed by atoms with E-state index in [9.17, 15) is 4.79 Å². The molecular weight excluding hydrogens is 238 g/mol. The average Bonchev–Trinajstić information content (AvgIpc) is 2.32. The summed E-state index contributed by atoms with van der Waals surface area (Å²) < 4.78 is 0. The lowest BCUT2D eigenvalue weighted by molar-refractivity contribution is 0.1000. The van der Waals surface area contributed by atoms with Gasteiger partial charge in [0.25, 0.3) is 0 Å². The van der Waals surface area contributed by atoms with Gasteiger partial charge in [-0.3, -0.25) is 4.79 Å². The number of carbonyl (C=O) groups is 1. The van der Waals surface area contributed by atoms with Crippen LogP contribution >= 0.6 is 0 Å². The van der Waals surface area contributed by atoms with Crippen LogP contribution in [0.1, 0.15) is 35.7 Å². The number of primary amides is 1. The van der Waals surface area contributed by atoms with E-state index < -0.39 is 5.91 Å². The van der Waals surface area contributed by atoms with Gasteiger partial charge >= 0.3 is 0 Å². The summed E-state index contributed by atoms with van der Waals surface area (Å²) in [4.78, 5) is 13.4. The normalized spacial score (nSPS) is 14.0. The Kier molecular flexibility index (Phi) is 3.57. The summed E-state index contributed by atoms with van der Waals surface area (Å²) in [6.07, 6.45) is 1.60. The number of hydrogen-bond acceptors (Lipinski definition) is 3. The highest BCUT2D eigenvalue weighted by molar-refractivity contribution is 5.93. The predicted molar refractivity (Wildman–Crippen MR) is 75.0 cm³/mol. The van der Waals surface area contributed by atoms with Crippen LogP contribution in [0.5, 0.6) is 0 Å². The number of nitrogens with two attached hydrogens (primary N) is 1. The van der Waals surface area contributed by atoms with Crippen LogP contribution in [0.15, 0.2) is 29.8 Å². The molecule has 19 heavy (non-hydrogen) atoms. The zero-order valence-electron chi connectivity index (χ0n) is 11.2. The maximum Gasteiger partial charge on any atom is 0.248 e. The average molecular weight is 255 g/mol. The van der Waals surface area contributed by atoms with Crippen LogP contribution in [0.25, 0.3) is 0 Å². The Hall–Kier alpha value is -2.28. The van der Waals surface area contributed by atoms with E-state index in [4.69, 9.17) is 11.0 Å². The molecule has 0 radical (unpaired) electrons. The second kappa shape index (κ2) is 5.15. The van der Waals surface area contributed by atoms with Crippen molar-refractivity contribution in [2.45, 2.75) is 19.8 Å². The molecular formula is C15H17N3O. The molecule has 98 valence electrons. The van der Waals surface area contributed by atoms with E-state index in [2.05, 4.69) is 24.8 Å². The molecule has 1 amide bonds. The van der Waals surface area contributed by atoms with Crippen molar-refractivity contribution < 1.29 is 4.79 Å². The molecule has 1 saturated heterocycles. The Morgan fingerprint density at radius 3 is 2.68 bits per heavy atom. The molecule has 0 saturated carbocycles. The molecule has 0 bridgehead atoms. The van der Waals surface area contributed by atoms with Crippen LogP contribution < -0.4 is 10.6 Å². The van der Waals surface area contributed by atoms with Gasteiger partial charge in [-0.1, -0.05) is 13.8 Å². The molecule has 0 atom stereocenters. The van der Waals surface area contributed by atoms with Gasteiger partial charge in [-0.25, -0.2) is 0 Å². The van der Waals surface area contributed by atoms with E-state index in [0.717, 1.165) is 29.9 Å². The molecule has 1 heterocycles. The lowest BCUT2D eigenvalue weighted by Gasteiger charge is -2.37. The largest absolute Gasteiger partial charge is 0.366 e. The minimum Gasteiger partial charge on any atom is -0.366 e. The molecule has 2 rings (SSSR count). The summed E-state index contributed by atoms with van der Waals surface area (Å²) in [5.41, 5.74) is 9.24. The quantitative estimate of drug-likeness (QED) is 0.841. The van der Waals surface area contributed by atoms with E-state index >= 15 is 0 Å². The minimum absolute atomic E-state index is 0.318. The summed E-state index contributed by atoms with van der Waals surface area (Å²) in [5.74, 6) is -0.0829. The zero-order valence-corrected chi connectivity index (χ0v) is 11.2. The fraction of sp³-hybridized carbons (Fsp3) is 0.333. The number of carbonyl (C=O) groups excluding carboxylic acids is 1. The third-order valence-electron chi connectivity index (χ3n) is 3.33. The van der Waals surface area contributed by atoms with Gasteiger partial charge in [-0.15, -0.1) is 0 Å².